The Morgan fingerprint density at radius 3 is 2.17 bits per heavy atom. The molecule has 0 fully saturated rings. The zero-order valence-corrected chi connectivity index (χ0v) is 22.5. The highest BCUT2D eigenvalue weighted by molar-refractivity contribution is 7.92. The Balaban J connectivity index is 2.40. The number of benzene rings is 2. The van der Waals surface area contributed by atoms with Gasteiger partial charge in [-0.05, 0) is 75.1 Å². The van der Waals surface area contributed by atoms with E-state index in [1.165, 1.54) is 4.90 Å². The minimum atomic E-state index is -3.76. The molecule has 2 amide bonds. The van der Waals surface area contributed by atoms with E-state index in [2.05, 4.69) is 5.32 Å². The van der Waals surface area contributed by atoms with E-state index >= 15 is 0 Å². The predicted molar refractivity (Wildman–Crippen MR) is 139 cm³/mol. The lowest BCUT2D eigenvalue weighted by molar-refractivity contribution is -0.139. The average molecular weight is 504 g/mol. The van der Waals surface area contributed by atoms with Crippen LogP contribution in [0.4, 0.5) is 5.69 Å². The van der Waals surface area contributed by atoms with E-state index in [4.69, 9.17) is 4.74 Å². The molecule has 1 N–H and O–H groups in total. The highest BCUT2D eigenvalue weighted by Crippen LogP contribution is 2.22. The van der Waals surface area contributed by atoms with Gasteiger partial charge in [-0.2, -0.15) is 0 Å². The number of aryl methyl sites for hydroxylation is 2. The van der Waals surface area contributed by atoms with Gasteiger partial charge in [-0.1, -0.05) is 25.1 Å². The lowest BCUT2D eigenvalue weighted by atomic mass is 10.1. The molecule has 35 heavy (non-hydrogen) atoms. The largest absolute Gasteiger partial charge is 0.497 e. The fourth-order valence-electron chi connectivity index (χ4n) is 3.47. The average Bonchev–Trinajstić information content (AvgIpc) is 2.81. The van der Waals surface area contributed by atoms with Crippen LogP contribution in [-0.4, -0.2) is 57.1 Å². The van der Waals surface area contributed by atoms with Crippen molar-refractivity contribution in [3.63, 3.8) is 0 Å². The van der Waals surface area contributed by atoms with Gasteiger partial charge in [0.15, 0.2) is 0 Å². The van der Waals surface area contributed by atoms with Crippen LogP contribution >= 0.6 is 0 Å². The molecule has 0 radical (unpaired) electrons. The summed E-state index contributed by atoms with van der Waals surface area (Å²) in [5.74, 6) is -0.0956. The molecule has 0 aliphatic rings. The highest BCUT2D eigenvalue weighted by Gasteiger charge is 2.30. The molecule has 2 aromatic carbocycles. The van der Waals surface area contributed by atoms with Gasteiger partial charge in [-0.3, -0.25) is 13.9 Å². The summed E-state index contributed by atoms with van der Waals surface area (Å²) in [6.07, 6.45) is 1.82. The first kappa shape index (κ1) is 28.2. The molecule has 0 unspecified atom stereocenters. The molecule has 192 valence electrons. The predicted octanol–water partition coefficient (Wildman–Crippen LogP) is 3.41. The van der Waals surface area contributed by atoms with Crippen molar-refractivity contribution in [1.82, 2.24) is 10.2 Å². The second-order valence-electron chi connectivity index (χ2n) is 8.90. The maximum absolute atomic E-state index is 13.6. The van der Waals surface area contributed by atoms with Crippen LogP contribution in [0.1, 0.15) is 43.9 Å². The number of amides is 2. The minimum Gasteiger partial charge on any atom is -0.497 e. The zero-order valence-electron chi connectivity index (χ0n) is 21.7. The molecule has 2 atom stereocenters. The number of nitrogens with zero attached hydrogens (tertiary/aromatic N) is 2. The van der Waals surface area contributed by atoms with E-state index in [0.717, 1.165) is 33.7 Å². The number of ether oxygens (including phenoxy) is 1. The molecule has 9 heteroatoms. The summed E-state index contributed by atoms with van der Waals surface area (Å²) in [6.45, 7) is 9.05. The quantitative estimate of drug-likeness (QED) is 0.507. The summed E-state index contributed by atoms with van der Waals surface area (Å²) in [5, 5.41) is 2.91. The molecular formula is C26H37N3O5S. The fraction of sp³-hybridized carbons (Fsp3) is 0.462. The van der Waals surface area contributed by atoms with Gasteiger partial charge in [0.2, 0.25) is 21.8 Å². The van der Waals surface area contributed by atoms with E-state index < -0.39 is 28.5 Å². The second-order valence-corrected chi connectivity index (χ2v) is 10.8. The second kappa shape index (κ2) is 12.1. The van der Waals surface area contributed by atoms with Crippen LogP contribution in [0.3, 0.4) is 0 Å². The SMILES string of the molecule is CC[C@H](C)NC(=O)[C@H](C)N(Cc1ccc(OC)cc1)C(=O)CN(c1ccc(C)c(C)c1)S(C)(=O)=O. The molecule has 0 saturated heterocycles. The van der Waals surface area contributed by atoms with Gasteiger partial charge in [0, 0.05) is 12.6 Å². The first-order valence-corrected chi connectivity index (χ1v) is 13.5. The van der Waals surface area contributed by atoms with E-state index in [9.17, 15) is 18.0 Å². The Morgan fingerprint density at radius 1 is 1.03 bits per heavy atom. The van der Waals surface area contributed by atoms with E-state index in [1.807, 2.05) is 45.9 Å². The van der Waals surface area contributed by atoms with Gasteiger partial charge < -0.3 is 15.0 Å². The van der Waals surface area contributed by atoms with Crippen molar-refractivity contribution in [3.05, 3.63) is 59.2 Å². The van der Waals surface area contributed by atoms with Crippen molar-refractivity contribution >= 4 is 27.5 Å². The summed E-state index contributed by atoms with van der Waals surface area (Å²) >= 11 is 0. The van der Waals surface area contributed by atoms with Crippen LogP contribution in [0.5, 0.6) is 5.75 Å². The molecule has 0 aromatic heterocycles. The highest BCUT2D eigenvalue weighted by atomic mass is 32.2. The summed E-state index contributed by atoms with van der Waals surface area (Å²) in [7, 11) is -2.19. The summed E-state index contributed by atoms with van der Waals surface area (Å²) < 4.78 is 31.6. The van der Waals surface area contributed by atoms with Gasteiger partial charge in [0.25, 0.3) is 0 Å². The monoisotopic (exact) mass is 503 g/mol. The Morgan fingerprint density at radius 2 is 1.66 bits per heavy atom. The number of methoxy groups -OCH3 is 1. The summed E-state index contributed by atoms with van der Waals surface area (Å²) in [4.78, 5) is 27.9. The van der Waals surface area contributed by atoms with Gasteiger partial charge in [-0.25, -0.2) is 8.42 Å². The lowest BCUT2D eigenvalue weighted by Crippen LogP contribution is -2.52. The van der Waals surface area contributed by atoms with Crippen molar-refractivity contribution in [3.8, 4) is 5.75 Å². The molecule has 2 aromatic rings. The van der Waals surface area contributed by atoms with Gasteiger partial charge in [0.1, 0.15) is 18.3 Å². The number of carbonyl (C=O) groups excluding carboxylic acids is 2. The standard InChI is InChI=1S/C26H37N3O5S/c1-8-20(4)27-26(31)21(5)28(16-22-10-13-24(34-6)14-11-22)25(30)17-29(35(7,32)33)23-12-9-18(2)19(3)15-23/h9-15,20-21H,8,16-17H2,1-7H3,(H,27,31)/t20-,21-/m0/s1. The Bertz CT molecular complexity index is 1130. The number of nitrogens with one attached hydrogen (secondary N) is 1. The van der Waals surface area contributed by atoms with E-state index in [0.29, 0.717) is 11.4 Å². The topological polar surface area (TPSA) is 96.0 Å². The van der Waals surface area contributed by atoms with Crippen molar-refractivity contribution in [2.75, 3.05) is 24.2 Å². The molecule has 0 aliphatic heterocycles. The first-order chi connectivity index (χ1) is 16.4. The van der Waals surface area contributed by atoms with Gasteiger partial charge >= 0.3 is 0 Å². The van der Waals surface area contributed by atoms with Crippen LogP contribution < -0.4 is 14.4 Å². The third kappa shape index (κ3) is 7.71. The van der Waals surface area contributed by atoms with Crippen molar-refractivity contribution in [2.24, 2.45) is 0 Å². The van der Waals surface area contributed by atoms with Crippen LogP contribution in [0.15, 0.2) is 42.5 Å². The maximum Gasteiger partial charge on any atom is 0.244 e. The fourth-order valence-corrected chi connectivity index (χ4v) is 4.31. The third-order valence-corrected chi connectivity index (χ3v) is 7.28. The molecule has 8 nitrogen and oxygen atoms in total. The summed E-state index contributed by atoms with van der Waals surface area (Å²) in [5.41, 5.74) is 3.13. The Kier molecular flexibility index (Phi) is 9.71. The minimum absolute atomic E-state index is 0.0501. The van der Waals surface area contributed by atoms with E-state index in [-0.39, 0.29) is 18.5 Å². The lowest BCUT2D eigenvalue weighted by Gasteiger charge is -2.32. The number of carbonyl (C=O) groups is 2. The van der Waals surface area contributed by atoms with Crippen molar-refractivity contribution < 1.29 is 22.7 Å². The molecule has 0 aliphatic carbocycles. The van der Waals surface area contributed by atoms with Crippen molar-refractivity contribution in [1.29, 1.82) is 0 Å². The Labute approximate surface area is 209 Å². The van der Waals surface area contributed by atoms with Crippen LogP contribution in [0.2, 0.25) is 0 Å². The third-order valence-electron chi connectivity index (χ3n) is 6.14. The molecule has 2 rings (SSSR count). The van der Waals surface area contributed by atoms with Gasteiger partial charge in [-0.15, -0.1) is 0 Å². The first-order valence-electron chi connectivity index (χ1n) is 11.6. The van der Waals surface area contributed by atoms with E-state index in [1.54, 1.807) is 38.3 Å². The molecule has 0 heterocycles. The normalized spacial score (nSPS) is 13.0. The molecular weight excluding hydrogens is 466 g/mol. The van der Waals surface area contributed by atoms with Gasteiger partial charge in [0.05, 0.1) is 19.1 Å². The molecule has 0 spiro atoms. The number of anilines is 1. The van der Waals surface area contributed by atoms with Crippen LogP contribution in [-0.2, 0) is 26.2 Å². The number of hydrogen-bond acceptors (Lipinski definition) is 5. The number of sulfonamides is 1. The number of rotatable bonds is 11. The molecule has 0 bridgehead atoms. The van der Waals surface area contributed by atoms with Crippen molar-refractivity contribution in [2.45, 2.75) is 59.7 Å². The van der Waals surface area contributed by atoms with Crippen LogP contribution in [0, 0.1) is 13.8 Å². The molecule has 0 saturated carbocycles. The Hall–Kier alpha value is -3.07. The van der Waals surface area contributed by atoms with Crippen LogP contribution in [0.25, 0.3) is 0 Å². The summed E-state index contributed by atoms with van der Waals surface area (Å²) in [6, 6.07) is 11.6. The maximum atomic E-state index is 13.6. The number of hydrogen-bond donors (Lipinski definition) is 1. The zero-order chi connectivity index (χ0) is 26.3. The smallest absolute Gasteiger partial charge is 0.244 e.